The molecular weight excluding hydrogens is 642 g/mol. The number of unbranched alkanes of at least 4 members (excludes halogenated alkanes) is 10. The fourth-order valence-corrected chi connectivity index (χ4v) is 5.38. The van der Waals surface area contributed by atoms with Crippen LogP contribution in [0.5, 0.6) is 0 Å². The summed E-state index contributed by atoms with van der Waals surface area (Å²) in [6.07, 6.45) is 40.0. The van der Waals surface area contributed by atoms with Crippen LogP contribution in [0.15, 0.2) is 60.8 Å². The van der Waals surface area contributed by atoms with E-state index in [9.17, 15) is 19.5 Å². The van der Waals surface area contributed by atoms with Gasteiger partial charge in [-0.25, -0.2) is 0 Å². The molecule has 0 aromatic carbocycles. The summed E-state index contributed by atoms with van der Waals surface area (Å²) >= 11 is 0. The predicted octanol–water partition coefficient (Wildman–Crippen LogP) is 8.91. The van der Waals surface area contributed by atoms with Crippen LogP contribution in [0.3, 0.4) is 0 Å². The Labute approximate surface area is 311 Å². The Morgan fingerprint density at radius 3 is 1.61 bits per heavy atom. The first-order valence-electron chi connectivity index (χ1n) is 19.8. The maximum absolute atomic E-state index is 12.6. The normalized spacial score (nSPS) is 13.7. The first-order chi connectivity index (χ1) is 24.6. The van der Waals surface area contributed by atoms with Gasteiger partial charge in [-0.05, 0) is 57.8 Å². The highest BCUT2D eigenvalue weighted by Gasteiger charge is 2.25. The van der Waals surface area contributed by atoms with Gasteiger partial charge in [-0.1, -0.05) is 126 Å². The van der Waals surface area contributed by atoms with E-state index in [1.807, 2.05) is 12.2 Å². The maximum atomic E-state index is 12.6. The van der Waals surface area contributed by atoms with Crippen molar-refractivity contribution in [3.8, 4) is 0 Å². The van der Waals surface area contributed by atoms with Crippen molar-refractivity contribution in [1.82, 2.24) is 0 Å². The van der Waals surface area contributed by atoms with E-state index >= 15 is 0 Å². The van der Waals surface area contributed by atoms with Crippen molar-refractivity contribution in [3.63, 3.8) is 0 Å². The van der Waals surface area contributed by atoms with Gasteiger partial charge in [0.15, 0.2) is 6.10 Å². The van der Waals surface area contributed by atoms with Crippen LogP contribution in [0.4, 0.5) is 0 Å². The minimum atomic E-state index is -1.14. The molecular formula is C43H73NO7. The van der Waals surface area contributed by atoms with Crippen LogP contribution in [-0.2, 0) is 28.6 Å². The van der Waals surface area contributed by atoms with E-state index in [1.165, 1.54) is 51.4 Å². The lowest BCUT2D eigenvalue weighted by atomic mass is 10.0. The standard InChI is InChI=1S/C43H73NO7/c1-6-8-10-12-14-15-16-17-18-19-20-21-22-23-24-25-26-28-30-32-34-42(46)51-39(37-49-36-35-40(43(47)48)44(3,4)5)38-50-41(45)33-31-29-27-13-11-9-7-2/h8-11,14-15,17-18,27,29,39-40H,6-7,12-13,16,19-26,28,30-38H2,1-5H3/b10-8+,11-9+,15-14+,18-17+,29-27+. The van der Waals surface area contributed by atoms with Gasteiger partial charge < -0.3 is 28.6 Å². The quantitative estimate of drug-likeness (QED) is 0.0284. The number of allylic oxidation sites excluding steroid dienone is 10. The van der Waals surface area contributed by atoms with Gasteiger partial charge in [0.2, 0.25) is 0 Å². The number of ether oxygens (including phenoxy) is 3. The molecule has 0 heterocycles. The van der Waals surface area contributed by atoms with Crippen LogP contribution in [0.1, 0.15) is 142 Å². The number of quaternary nitrogens is 1. The van der Waals surface area contributed by atoms with Crippen molar-refractivity contribution in [3.05, 3.63) is 60.8 Å². The molecule has 0 aliphatic rings. The second-order valence-corrected chi connectivity index (χ2v) is 14.1. The van der Waals surface area contributed by atoms with Crippen LogP contribution in [0.25, 0.3) is 0 Å². The van der Waals surface area contributed by atoms with Crippen LogP contribution >= 0.6 is 0 Å². The smallest absolute Gasteiger partial charge is 0.306 e. The van der Waals surface area contributed by atoms with Crippen LogP contribution in [0, 0.1) is 0 Å². The summed E-state index contributed by atoms with van der Waals surface area (Å²) in [7, 11) is 5.37. The number of nitrogens with zero attached hydrogens (tertiary/aromatic N) is 1. The Bertz CT molecular complexity index is 1020. The summed E-state index contributed by atoms with van der Waals surface area (Å²) in [4.78, 5) is 36.5. The summed E-state index contributed by atoms with van der Waals surface area (Å²) in [6.45, 7) is 4.31. The zero-order valence-corrected chi connectivity index (χ0v) is 33.0. The average molecular weight is 716 g/mol. The van der Waals surface area contributed by atoms with Gasteiger partial charge in [0.05, 0.1) is 40.3 Å². The molecule has 0 aliphatic heterocycles. The molecule has 0 aromatic heterocycles. The molecule has 2 atom stereocenters. The van der Waals surface area contributed by atoms with Crippen LogP contribution < -0.4 is 5.11 Å². The highest BCUT2D eigenvalue weighted by molar-refractivity contribution is 5.70. The number of carbonyl (C=O) groups is 3. The number of carbonyl (C=O) groups excluding carboxylic acids is 3. The van der Waals surface area contributed by atoms with E-state index in [1.54, 1.807) is 21.1 Å². The van der Waals surface area contributed by atoms with Gasteiger partial charge in [-0.3, -0.25) is 9.59 Å². The molecule has 0 radical (unpaired) electrons. The van der Waals surface area contributed by atoms with E-state index in [0.717, 1.165) is 51.4 Å². The number of carboxylic acid groups (broad SMARTS) is 1. The van der Waals surface area contributed by atoms with Crippen molar-refractivity contribution in [2.45, 2.75) is 154 Å². The van der Waals surface area contributed by atoms with E-state index in [-0.39, 0.29) is 49.1 Å². The van der Waals surface area contributed by atoms with Gasteiger partial charge in [-0.2, -0.15) is 0 Å². The van der Waals surface area contributed by atoms with Gasteiger partial charge in [0.25, 0.3) is 0 Å². The molecule has 0 amide bonds. The zero-order chi connectivity index (χ0) is 37.8. The van der Waals surface area contributed by atoms with Gasteiger partial charge in [0, 0.05) is 19.3 Å². The predicted molar refractivity (Wildman–Crippen MR) is 208 cm³/mol. The Morgan fingerprint density at radius 1 is 0.588 bits per heavy atom. The summed E-state index contributed by atoms with van der Waals surface area (Å²) in [6, 6.07) is -0.733. The lowest BCUT2D eigenvalue weighted by Gasteiger charge is -2.34. The Kier molecular flexibility index (Phi) is 32.1. The third kappa shape index (κ3) is 32.7. The summed E-state index contributed by atoms with van der Waals surface area (Å²) < 4.78 is 17.0. The second-order valence-electron chi connectivity index (χ2n) is 14.1. The van der Waals surface area contributed by atoms with Crippen LogP contribution in [-0.4, -0.2) is 75.5 Å². The van der Waals surface area contributed by atoms with Crippen molar-refractivity contribution < 1.29 is 38.2 Å². The third-order valence-corrected chi connectivity index (χ3v) is 8.41. The molecule has 0 aromatic rings. The number of rotatable bonds is 34. The summed E-state index contributed by atoms with van der Waals surface area (Å²) in [5.74, 6) is -1.84. The molecule has 0 spiro atoms. The molecule has 51 heavy (non-hydrogen) atoms. The molecule has 292 valence electrons. The van der Waals surface area contributed by atoms with Gasteiger partial charge >= 0.3 is 11.9 Å². The summed E-state index contributed by atoms with van der Waals surface area (Å²) in [5, 5.41) is 11.6. The molecule has 0 rings (SSSR count). The maximum Gasteiger partial charge on any atom is 0.306 e. The molecule has 0 fully saturated rings. The first-order valence-corrected chi connectivity index (χ1v) is 19.8. The minimum Gasteiger partial charge on any atom is -0.544 e. The molecule has 0 bridgehead atoms. The lowest BCUT2D eigenvalue weighted by Crippen LogP contribution is -2.55. The zero-order valence-electron chi connectivity index (χ0n) is 33.0. The van der Waals surface area contributed by atoms with Crippen molar-refractivity contribution in [2.24, 2.45) is 0 Å². The number of hydrogen-bond donors (Lipinski definition) is 0. The number of likely N-dealkylation sites (N-methyl/N-ethyl adjacent to an activating group) is 1. The number of esters is 2. The highest BCUT2D eigenvalue weighted by Crippen LogP contribution is 2.13. The largest absolute Gasteiger partial charge is 0.544 e. The van der Waals surface area contributed by atoms with E-state index in [4.69, 9.17) is 14.2 Å². The Morgan fingerprint density at radius 2 is 1.08 bits per heavy atom. The highest BCUT2D eigenvalue weighted by atomic mass is 16.6. The SMILES string of the molecule is CC/C=C/C/C=C/C/C=C/CCCCCCCCCCCCC(=O)OC(COCCC(C(=O)[O-])[N+](C)(C)C)COC(=O)CC/C=C/C/C=C/CC. The molecule has 0 aliphatic carbocycles. The fraction of sp³-hybridized carbons (Fsp3) is 0.698. The van der Waals surface area contributed by atoms with Crippen molar-refractivity contribution >= 4 is 17.9 Å². The molecule has 8 nitrogen and oxygen atoms in total. The number of hydrogen-bond acceptors (Lipinski definition) is 7. The van der Waals surface area contributed by atoms with E-state index in [2.05, 4.69) is 62.5 Å². The molecule has 2 unspecified atom stereocenters. The average Bonchev–Trinajstić information content (AvgIpc) is 3.08. The summed E-state index contributed by atoms with van der Waals surface area (Å²) in [5.41, 5.74) is 0. The number of carboxylic acids is 1. The lowest BCUT2D eigenvalue weighted by molar-refractivity contribution is -0.889. The Balaban J connectivity index is 4.29. The van der Waals surface area contributed by atoms with Gasteiger partial charge in [0.1, 0.15) is 12.6 Å². The third-order valence-electron chi connectivity index (χ3n) is 8.41. The topological polar surface area (TPSA) is 102 Å². The fourth-order valence-electron chi connectivity index (χ4n) is 5.38. The van der Waals surface area contributed by atoms with E-state index in [0.29, 0.717) is 12.8 Å². The molecule has 0 saturated heterocycles. The van der Waals surface area contributed by atoms with Crippen molar-refractivity contribution in [1.29, 1.82) is 0 Å². The monoisotopic (exact) mass is 716 g/mol. The van der Waals surface area contributed by atoms with E-state index < -0.39 is 18.1 Å². The van der Waals surface area contributed by atoms with Crippen LogP contribution in [0.2, 0.25) is 0 Å². The van der Waals surface area contributed by atoms with Gasteiger partial charge in [-0.15, -0.1) is 0 Å². The first kappa shape index (κ1) is 48.0. The minimum absolute atomic E-state index is 0.0192. The van der Waals surface area contributed by atoms with Crippen molar-refractivity contribution in [2.75, 3.05) is 41.0 Å². The number of aliphatic carboxylic acids is 1. The molecule has 0 saturated carbocycles. The molecule has 8 heteroatoms. The molecule has 0 N–H and O–H groups in total. The Hall–Kier alpha value is -2.97. The second kappa shape index (κ2) is 34.1.